The molecular weight excluding hydrogens is 348 g/mol. The molecule has 1 aliphatic heterocycles. The molecule has 1 aromatic heterocycles. The summed E-state index contributed by atoms with van der Waals surface area (Å²) in [7, 11) is 0. The molecule has 3 aromatic rings. The van der Waals surface area contributed by atoms with Crippen molar-refractivity contribution in [3.63, 3.8) is 0 Å². The summed E-state index contributed by atoms with van der Waals surface area (Å²) in [5.74, 6) is 0.395. The fourth-order valence-electron chi connectivity index (χ4n) is 3.74. The minimum Gasteiger partial charge on any atom is -0.347 e. The molecule has 0 saturated carbocycles. The number of aromatic nitrogens is 2. The molecule has 0 bridgehead atoms. The van der Waals surface area contributed by atoms with Crippen LogP contribution < -0.4 is 10.2 Å². The Morgan fingerprint density at radius 1 is 1.11 bits per heavy atom. The highest BCUT2D eigenvalue weighted by Gasteiger charge is 2.29. The molecule has 28 heavy (non-hydrogen) atoms. The molecular formula is C23H24N4O. The number of para-hydroxylation sites is 1. The summed E-state index contributed by atoms with van der Waals surface area (Å²) in [6, 6.07) is 18.4. The Labute approximate surface area is 165 Å². The number of nitrogens with one attached hydrogen (secondary N) is 1. The maximum absolute atomic E-state index is 12.7. The third kappa shape index (κ3) is 3.60. The number of hydrogen-bond donors (Lipinski definition) is 1. The van der Waals surface area contributed by atoms with Crippen LogP contribution in [0.1, 0.15) is 39.8 Å². The lowest BCUT2D eigenvalue weighted by Crippen LogP contribution is -2.29. The zero-order chi connectivity index (χ0) is 19.7. The second-order valence-corrected chi connectivity index (χ2v) is 7.42. The van der Waals surface area contributed by atoms with Crippen LogP contribution in [-0.2, 0) is 13.0 Å². The van der Waals surface area contributed by atoms with Crippen molar-refractivity contribution in [1.82, 2.24) is 15.3 Å². The number of hydrogen-bond acceptors (Lipinski definition) is 4. The number of amides is 1. The van der Waals surface area contributed by atoms with E-state index >= 15 is 0 Å². The van der Waals surface area contributed by atoms with Gasteiger partial charge >= 0.3 is 0 Å². The molecule has 1 aliphatic rings. The van der Waals surface area contributed by atoms with Gasteiger partial charge in [-0.1, -0.05) is 48.0 Å². The van der Waals surface area contributed by atoms with Gasteiger partial charge in [0.15, 0.2) is 0 Å². The molecule has 0 radical (unpaired) electrons. The SMILES string of the molecule is Cc1cccc(CNC(=O)c2cc(C)nc(N3c4ccccc4CC3C)n2)c1. The first-order chi connectivity index (χ1) is 13.5. The van der Waals surface area contributed by atoms with Crippen molar-refractivity contribution >= 4 is 17.5 Å². The van der Waals surface area contributed by atoms with Crippen molar-refractivity contribution < 1.29 is 4.79 Å². The standard InChI is InChI=1S/C23H24N4O/c1-15-7-6-8-18(11-15)14-24-22(28)20-12-16(2)25-23(26-20)27-17(3)13-19-9-4-5-10-21(19)27/h4-12,17H,13-14H2,1-3H3,(H,24,28). The van der Waals surface area contributed by atoms with E-state index in [1.807, 2.05) is 38.1 Å². The second-order valence-electron chi connectivity index (χ2n) is 7.42. The summed E-state index contributed by atoms with van der Waals surface area (Å²) in [4.78, 5) is 24.1. The largest absolute Gasteiger partial charge is 0.347 e. The predicted molar refractivity (Wildman–Crippen MR) is 111 cm³/mol. The third-order valence-corrected chi connectivity index (χ3v) is 5.03. The van der Waals surface area contributed by atoms with E-state index in [9.17, 15) is 4.79 Å². The molecule has 0 fully saturated rings. The Kier molecular flexibility index (Phi) is 4.82. The van der Waals surface area contributed by atoms with Gasteiger partial charge in [0.2, 0.25) is 5.95 Å². The van der Waals surface area contributed by atoms with Gasteiger partial charge in [0.05, 0.1) is 0 Å². The minimum absolute atomic E-state index is 0.187. The van der Waals surface area contributed by atoms with Gasteiger partial charge in [-0.3, -0.25) is 4.79 Å². The lowest BCUT2D eigenvalue weighted by Gasteiger charge is -2.23. The molecule has 1 amide bonds. The third-order valence-electron chi connectivity index (χ3n) is 5.03. The zero-order valence-electron chi connectivity index (χ0n) is 16.4. The summed E-state index contributed by atoms with van der Waals surface area (Å²) in [6.07, 6.45) is 0.947. The Bertz CT molecular complexity index is 1030. The normalized spacial score (nSPS) is 15.4. The molecule has 0 spiro atoms. The quantitative estimate of drug-likeness (QED) is 0.749. The van der Waals surface area contributed by atoms with Gasteiger partial charge in [-0.2, -0.15) is 0 Å². The lowest BCUT2D eigenvalue weighted by atomic mass is 10.1. The maximum Gasteiger partial charge on any atom is 0.270 e. The van der Waals surface area contributed by atoms with Crippen LogP contribution in [0.15, 0.2) is 54.6 Å². The molecule has 0 saturated heterocycles. The van der Waals surface area contributed by atoms with Gasteiger partial charge < -0.3 is 10.2 Å². The van der Waals surface area contributed by atoms with E-state index in [4.69, 9.17) is 0 Å². The van der Waals surface area contributed by atoms with Crippen LogP contribution in [0.3, 0.4) is 0 Å². The van der Waals surface area contributed by atoms with Crippen molar-refractivity contribution in [2.45, 2.75) is 39.8 Å². The number of nitrogens with zero attached hydrogens (tertiary/aromatic N) is 3. The molecule has 4 rings (SSSR count). The first-order valence-electron chi connectivity index (χ1n) is 9.58. The van der Waals surface area contributed by atoms with Gasteiger partial charge in [0, 0.05) is 24.0 Å². The Morgan fingerprint density at radius 2 is 1.93 bits per heavy atom. The van der Waals surface area contributed by atoms with Crippen LogP contribution in [0.5, 0.6) is 0 Å². The van der Waals surface area contributed by atoms with Crippen LogP contribution in [0.25, 0.3) is 0 Å². The summed E-state index contributed by atoms with van der Waals surface area (Å²) in [6.45, 7) is 6.57. The molecule has 142 valence electrons. The molecule has 2 aromatic carbocycles. The van der Waals surface area contributed by atoms with Crippen molar-refractivity contribution in [1.29, 1.82) is 0 Å². The van der Waals surface area contributed by atoms with Crippen molar-refractivity contribution in [3.05, 3.63) is 82.7 Å². The number of benzene rings is 2. The average Bonchev–Trinajstić information content (AvgIpc) is 3.01. The fraction of sp³-hybridized carbons (Fsp3) is 0.261. The first-order valence-corrected chi connectivity index (χ1v) is 9.58. The van der Waals surface area contributed by atoms with Crippen molar-refractivity contribution in [3.8, 4) is 0 Å². The summed E-state index contributed by atoms with van der Waals surface area (Å²) < 4.78 is 0. The number of fused-ring (bicyclic) bond motifs is 1. The van der Waals surface area contributed by atoms with E-state index < -0.39 is 0 Å². The molecule has 5 heteroatoms. The van der Waals surface area contributed by atoms with Gasteiger partial charge in [0.1, 0.15) is 5.69 Å². The van der Waals surface area contributed by atoms with Crippen LogP contribution in [0, 0.1) is 13.8 Å². The summed E-state index contributed by atoms with van der Waals surface area (Å²) >= 11 is 0. The number of carbonyl (C=O) groups is 1. The summed E-state index contributed by atoms with van der Waals surface area (Å²) in [5.41, 5.74) is 5.82. The molecule has 0 aliphatic carbocycles. The van der Waals surface area contributed by atoms with E-state index in [-0.39, 0.29) is 11.9 Å². The number of carbonyl (C=O) groups excluding carboxylic acids is 1. The van der Waals surface area contributed by atoms with Crippen LogP contribution in [-0.4, -0.2) is 21.9 Å². The molecule has 1 unspecified atom stereocenters. The Hall–Kier alpha value is -3.21. The van der Waals surface area contributed by atoms with E-state index in [2.05, 4.69) is 51.4 Å². The topological polar surface area (TPSA) is 58.1 Å². The predicted octanol–water partition coefficient (Wildman–Crippen LogP) is 4.11. The van der Waals surface area contributed by atoms with Crippen LogP contribution >= 0.6 is 0 Å². The lowest BCUT2D eigenvalue weighted by molar-refractivity contribution is 0.0945. The minimum atomic E-state index is -0.187. The zero-order valence-corrected chi connectivity index (χ0v) is 16.4. The van der Waals surface area contributed by atoms with Gasteiger partial charge in [-0.25, -0.2) is 9.97 Å². The molecule has 2 heterocycles. The average molecular weight is 372 g/mol. The van der Waals surface area contributed by atoms with Gasteiger partial charge in [0.25, 0.3) is 5.91 Å². The highest BCUT2D eigenvalue weighted by atomic mass is 16.1. The van der Waals surface area contributed by atoms with Gasteiger partial charge in [-0.15, -0.1) is 0 Å². The second kappa shape index (κ2) is 7.43. The van der Waals surface area contributed by atoms with E-state index in [1.54, 1.807) is 6.07 Å². The molecule has 1 N–H and O–H groups in total. The van der Waals surface area contributed by atoms with Crippen molar-refractivity contribution in [2.75, 3.05) is 4.90 Å². The summed E-state index contributed by atoms with van der Waals surface area (Å²) in [5, 5.41) is 2.97. The van der Waals surface area contributed by atoms with E-state index in [0.29, 0.717) is 18.2 Å². The van der Waals surface area contributed by atoms with Crippen LogP contribution in [0.2, 0.25) is 0 Å². The fourth-order valence-corrected chi connectivity index (χ4v) is 3.74. The Morgan fingerprint density at radius 3 is 2.75 bits per heavy atom. The molecule has 1 atom stereocenters. The number of anilines is 2. The van der Waals surface area contributed by atoms with Crippen LogP contribution in [0.4, 0.5) is 11.6 Å². The number of rotatable bonds is 4. The Balaban J connectivity index is 1.58. The maximum atomic E-state index is 12.7. The highest BCUT2D eigenvalue weighted by Crippen LogP contribution is 2.36. The highest BCUT2D eigenvalue weighted by molar-refractivity contribution is 5.92. The monoisotopic (exact) mass is 372 g/mol. The molecule has 5 nitrogen and oxygen atoms in total. The first kappa shape index (κ1) is 18.2. The van der Waals surface area contributed by atoms with Crippen molar-refractivity contribution in [2.24, 2.45) is 0 Å². The smallest absolute Gasteiger partial charge is 0.270 e. The van der Waals surface area contributed by atoms with E-state index in [0.717, 1.165) is 23.4 Å². The van der Waals surface area contributed by atoms with E-state index in [1.165, 1.54) is 11.1 Å². The number of aryl methyl sites for hydroxylation is 2. The van der Waals surface area contributed by atoms with Gasteiger partial charge in [-0.05, 0) is 50.5 Å².